The molecule has 0 bridgehead atoms. The molecular weight excluding hydrogens is 254 g/mol. The Hall–Kier alpha value is -1.75. The van der Waals surface area contributed by atoms with Crippen molar-refractivity contribution in [2.45, 2.75) is 31.1 Å². The topological polar surface area (TPSA) is 82.9 Å². The highest BCUT2D eigenvalue weighted by molar-refractivity contribution is 6.00. The van der Waals surface area contributed by atoms with Gasteiger partial charge in [-0.1, -0.05) is 6.42 Å². The second-order valence-electron chi connectivity index (χ2n) is 5.44. The highest BCUT2D eigenvalue weighted by Crippen LogP contribution is 2.53. The van der Waals surface area contributed by atoms with Crippen LogP contribution in [0.2, 0.25) is 0 Å². The summed E-state index contributed by atoms with van der Waals surface area (Å²) >= 11 is 0. The second-order valence-corrected chi connectivity index (χ2v) is 5.44. The molecule has 0 atom stereocenters. The molecule has 108 valence electrons. The molecule has 1 fully saturated rings. The molecule has 1 saturated carbocycles. The molecule has 1 heterocycles. The van der Waals surface area contributed by atoms with E-state index in [0.29, 0.717) is 18.9 Å². The van der Waals surface area contributed by atoms with Crippen molar-refractivity contribution in [2.75, 3.05) is 20.3 Å². The summed E-state index contributed by atoms with van der Waals surface area (Å²) in [4.78, 5) is 4.53. The van der Waals surface area contributed by atoms with Crippen molar-refractivity contribution >= 4 is 11.5 Å². The highest BCUT2D eigenvalue weighted by atomic mass is 16.5. The molecule has 5 heteroatoms. The fraction of sp³-hybridized carbons (Fsp3) is 0.533. The summed E-state index contributed by atoms with van der Waals surface area (Å²) in [6.45, 7) is 1.19. The Morgan fingerprint density at radius 3 is 2.70 bits per heavy atom. The molecule has 1 aliphatic carbocycles. The fourth-order valence-corrected chi connectivity index (χ4v) is 2.99. The van der Waals surface area contributed by atoms with Gasteiger partial charge < -0.3 is 20.9 Å². The van der Waals surface area contributed by atoms with E-state index in [9.17, 15) is 0 Å². The van der Waals surface area contributed by atoms with Crippen LogP contribution in [0.25, 0.3) is 0 Å². The number of benzene rings is 1. The molecule has 0 aromatic heterocycles. The number of fused-ring (bicyclic) bond motifs is 2. The van der Waals surface area contributed by atoms with E-state index in [1.54, 1.807) is 7.11 Å². The first-order chi connectivity index (χ1) is 9.71. The number of hydrogen-bond donors (Lipinski definition) is 2. The number of nitrogens with two attached hydrogens (primary N) is 2. The number of nitrogens with zero attached hydrogens (tertiary/aromatic N) is 1. The Morgan fingerprint density at radius 2 is 2.10 bits per heavy atom. The molecule has 4 N–H and O–H groups in total. The molecule has 0 saturated heterocycles. The third-order valence-electron chi connectivity index (χ3n) is 4.34. The van der Waals surface area contributed by atoms with Gasteiger partial charge in [-0.2, -0.15) is 0 Å². The molecular formula is C15H21N3O2. The van der Waals surface area contributed by atoms with Crippen molar-refractivity contribution in [3.8, 4) is 11.5 Å². The van der Waals surface area contributed by atoms with E-state index >= 15 is 0 Å². The average molecular weight is 275 g/mol. The Kier molecular flexibility index (Phi) is 3.30. The van der Waals surface area contributed by atoms with Crippen molar-refractivity contribution in [3.63, 3.8) is 0 Å². The van der Waals surface area contributed by atoms with Crippen LogP contribution in [0, 0.1) is 0 Å². The maximum Gasteiger partial charge on any atom is 0.163 e. The first kappa shape index (κ1) is 13.2. The standard InChI is InChI=1S/C15H21N3O2/c1-19-12-8-10-11(9-13(12)20-7-3-6-16)18-14(17)15(10)4-2-5-15/h8-9H,2-7,16H2,1H3,(H2,17,18). The van der Waals surface area contributed by atoms with Crippen LogP contribution in [0.5, 0.6) is 11.5 Å². The fourth-order valence-electron chi connectivity index (χ4n) is 2.99. The molecule has 1 spiro atoms. The summed E-state index contributed by atoms with van der Waals surface area (Å²) in [5, 5.41) is 0. The van der Waals surface area contributed by atoms with Crippen LogP contribution in [0.3, 0.4) is 0 Å². The van der Waals surface area contributed by atoms with Gasteiger partial charge in [0.05, 0.1) is 24.8 Å². The minimum atomic E-state index is -0.0433. The summed E-state index contributed by atoms with van der Waals surface area (Å²) in [7, 11) is 1.66. The van der Waals surface area contributed by atoms with E-state index in [2.05, 4.69) is 4.99 Å². The van der Waals surface area contributed by atoms with Crippen LogP contribution in [-0.2, 0) is 5.41 Å². The minimum absolute atomic E-state index is 0.0433. The summed E-state index contributed by atoms with van der Waals surface area (Å²) in [5.74, 6) is 2.20. The van der Waals surface area contributed by atoms with Crippen LogP contribution in [0.1, 0.15) is 31.2 Å². The zero-order chi connectivity index (χ0) is 14.2. The summed E-state index contributed by atoms with van der Waals surface area (Å²) in [6.07, 6.45) is 4.17. The zero-order valence-electron chi connectivity index (χ0n) is 11.8. The van der Waals surface area contributed by atoms with Gasteiger partial charge in [0.25, 0.3) is 0 Å². The molecule has 1 aromatic carbocycles. The van der Waals surface area contributed by atoms with Crippen molar-refractivity contribution in [1.29, 1.82) is 0 Å². The number of aliphatic imine (C=N–C) groups is 1. The lowest BCUT2D eigenvalue weighted by molar-refractivity contribution is 0.290. The van der Waals surface area contributed by atoms with E-state index in [0.717, 1.165) is 36.5 Å². The second kappa shape index (κ2) is 4.98. The molecule has 1 aromatic rings. The number of hydrogen-bond acceptors (Lipinski definition) is 5. The minimum Gasteiger partial charge on any atom is -0.493 e. The van der Waals surface area contributed by atoms with Gasteiger partial charge in [0.1, 0.15) is 5.84 Å². The van der Waals surface area contributed by atoms with Gasteiger partial charge in [-0.25, -0.2) is 4.99 Å². The predicted molar refractivity (Wildman–Crippen MR) is 79.0 cm³/mol. The molecule has 0 radical (unpaired) electrons. The van der Waals surface area contributed by atoms with Gasteiger partial charge in [0.2, 0.25) is 0 Å². The third kappa shape index (κ3) is 1.85. The van der Waals surface area contributed by atoms with Crippen molar-refractivity contribution in [3.05, 3.63) is 17.7 Å². The summed E-state index contributed by atoms with van der Waals surface area (Å²) < 4.78 is 11.2. The van der Waals surface area contributed by atoms with Crippen LogP contribution in [0.15, 0.2) is 17.1 Å². The monoisotopic (exact) mass is 275 g/mol. The average Bonchev–Trinajstić information content (AvgIpc) is 2.68. The van der Waals surface area contributed by atoms with Crippen molar-refractivity contribution in [1.82, 2.24) is 0 Å². The maximum absolute atomic E-state index is 6.14. The van der Waals surface area contributed by atoms with Gasteiger partial charge in [-0.3, -0.25) is 0 Å². The summed E-state index contributed by atoms with van der Waals surface area (Å²) in [6, 6.07) is 3.97. The van der Waals surface area contributed by atoms with Crippen LogP contribution in [0.4, 0.5) is 5.69 Å². The molecule has 0 unspecified atom stereocenters. The van der Waals surface area contributed by atoms with Crippen LogP contribution in [-0.4, -0.2) is 26.1 Å². The molecule has 3 rings (SSSR count). The molecule has 20 heavy (non-hydrogen) atoms. The predicted octanol–water partition coefficient (Wildman–Crippen LogP) is 1.85. The van der Waals surface area contributed by atoms with Gasteiger partial charge in [-0.15, -0.1) is 0 Å². The lowest BCUT2D eigenvalue weighted by Gasteiger charge is -2.38. The van der Waals surface area contributed by atoms with E-state index in [4.69, 9.17) is 20.9 Å². The number of rotatable bonds is 5. The first-order valence-corrected chi connectivity index (χ1v) is 7.11. The Balaban J connectivity index is 1.94. The summed E-state index contributed by atoms with van der Waals surface area (Å²) in [5.41, 5.74) is 13.7. The zero-order valence-corrected chi connectivity index (χ0v) is 11.8. The van der Waals surface area contributed by atoms with E-state index in [-0.39, 0.29) is 5.41 Å². The lowest BCUT2D eigenvalue weighted by atomic mass is 9.64. The molecule has 5 nitrogen and oxygen atoms in total. The highest BCUT2D eigenvalue weighted by Gasteiger charge is 2.47. The van der Waals surface area contributed by atoms with Gasteiger partial charge in [0, 0.05) is 6.07 Å². The molecule has 1 aliphatic heterocycles. The SMILES string of the molecule is COc1cc2c(cc1OCCCN)N=C(N)C21CCC1. The van der Waals surface area contributed by atoms with E-state index < -0.39 is 0 Å². The van der Waals surface area contributed by atoms with E-state index in [1.165, 1.54) is 12.0 Å². The van der Waals surface area contributed by atoms with Crippen molar-refractivity contribution in [2.24, 2.45) is 16.5 Å². The smallest absolute Gasteiger partial charge is 0.163 e. The lowest BCUT2D eigenvalue weighted by Crippen LogP contribution is -2.44. The number of amidine groups is 1. The molecule has 0 amide bonds. The Morgan fingerprint density at radius 1 is 1.30 bits per heavy atom. The van der Waals surface area contributed by atoms with Gasteiger partial charge >= 0.3 is 0 Å². The number of ether oxygens (including phenoxy) is 2. The van der Waals surface area contributed by atoms with E-state index in [1.807, 2.05) is 12.1 Å². The third-order valence-corrected chi connectivity index (χ3v) is 4.34. The number of methoxy groups -OCH3 is 1. The Bertz CT molecular complexity index is 550. The van der Waals surface area contributed by atoms with Gasteiger partial charge in [0.15, 0.2) is 11.5 Å². The Labute approximate surface area is 119 Å². The van der Waals surface area contributed by atoms with Crippen LogP contribution >= 0.6 is 0 Å². The molecule has 2 aliphatic rings. The first-order valence-electron chi connectivity index (χ1n) is 7.11. The maximum atomic E-state index is 6.14. The quantitative estimate of drug-likeness (QED) is 0.803. The van der Waals surface area contributed by atoms with Crippen LogP contribution < -0.4 is 20.9 Å². The normalized spacial score (nSPS) is 18.4. The van der Waals surface area contributed by atoms with Gasteiger partial charge in [-0.05, 0) is 37.4 Å². The largest absolute Gasteiger partial charge is 0.493 e. The van der Waals surface area contributed by atoms with Crippen molar-refractivity contribution < 1.29 is 9.47 Å².